The summed E-state index contributed by atoms with van der Waals surface area (Å²) in [6.07, 6.45) is 4.44. The van der Waals surface area contributed by atoms with Crippen LogP contribution in [0.4, 0.5) is 0 Å². The summed E-state index contributed by atoms with van der Waals surface area (Å²) in [4.78, 5) is 12.8. The largest absolute Gasteiger partial charge is 0.463 e. The molecule has 1 aliphatic heterocycles. The van der Waals surface area contributed by atoms with E-state index in [0.717, 1.165) is 25.9 Å². The molecule has 0 aromatic rings. The molecule has 27 heavy (non-hydrogen) atoms. The fourth-order valence-electron chi connectivity index (χ4n) is 4.04. The van der Waals surface area contributed by atoms with Crippen molar-refractivity contribution < 1.29 is 19.0 Å². The summed E-state index contributed by atoms with van der Waals surface area (Å²) in [5.41, 5.74) is 0.539. The zero-order valence-electron chi connectivity index (χ0n) is 19.1. The van der Waals surface area contributed by atoms with Gasteiger partial charge in [-0.2, -0.15) is 0 Å². The lowest BCUT2D eigenvalue weighted by molar-refractivity contribution is -0.152. The number of hydrogen-bond acceptors (Lipinski definition) is 4. The fraction of sp³-hybridized carbons (Fsp3) is 0.957. The van der Waals surface area contributed by atoms with Gasteiger partial charge in [0.25, 0.3) is 0 Å². The van der Waals surface area contributed by atoms with Gasteiger partial charge in [-0.15, -0.1) is 0 Å². The van der Waals surface area contributed by atoms with E-state index in [1.807, 2.05) is 0 Å². The van der Waals surface area contributed by atoms with Gasteiger partial charge in [-0.25, -0.2) is 0 Å². The van der Waals surface area contributed by atoms with E-state index >= 15 is 0 Å². The van der Waals surface area contributed by atoms with Gasteiger partial charge in [0.1, 0.15) is 12.7 Å². The number of hydrogen-bond donors (Lipinski definition) is 0. The van der Waals surface area contributed by atoms with Crippen molar-refractivity contribution in [2.75, 3.05) is 26.4 Å². The second-order valence-corrected chi connectivity index (χ2v) is 11.0. The van der Waals surface area contributed by atoms with Crippen LogP contribution in [-0.2, 0) is 19.0 Å². The van der Waals surface area contributed by atoms with Gasteiger partial charge in [0, 0.05) is 0 Å². The topological polar surface area (TPSA) is 48.1 Å². The van der Waals surface area contributed by atoms with Crippen molar-refractivity contribution in [1.82, 2.24) is 0 Å². The molecule has 4 nitrogen and oxygen atoms in total. The first-order chi connectivity index (χ1) is 12.4. The minimum Gasteiger partial charge on any atom is -0.463 e. The molecule has 1 heterocycles. The number of rotatable bonds is 12. The predicted molar refractivity (Wildman–Crippen MR) is 111 cm³/mol. The quantitative estimate of drug-likeness (QED) is 0.254. The third-order valence-electron chi connectivity index (χ3n) is 5.03. The van der Waals surface area contributed by atoms with Crippen molar-refractivity contribution in [3.8, 4) is 0 Å². The van der Waals surface area contributed by atoms with Crippen LogP contribution in [0.5, 0.6) is 0 Å². The number of ether oxygens (including phenoxy) is 3. The van der Waals surface area contributed by atoms with E-state index in [0.29, 0.717) is 37.1 Å². The van der Waals surface area contributed by atoms with E-state index in [1.54, 1.807) is 0 Å². The lowest BCUT2D eigenvalue weighted by Gasteiger charge is -2.30. The molecule has 1 saturated heterocycles. The molecule has 0 amide bonds. The third kappa shape index (κ3) is 12.5. The predicted octanol–water partition coefficient (Wildman–Crippen LogP) is 5.49. The Hall–Kier alpha value is -0.610. The molecule has 0 aromatic carbocycles. The first-order valence-electron chi connectivity index (χ1n) is 10.7. The molecule has 0 aromatic heterocycles. The van der Waals surface area contributed by atoms with Gasteiger partial charge in [0.15, 0.2) is 0 Å². The molecule has 4 atom stereocenters. The Balaban J connectivity index is 2.50. The summed E-state index contributed by atoms with van der Waals surface area (Å²) >= 11 is 0. The smallest absolute Gasteiger partial charge is 0.309 e. The summed E-state index contributed by atoms with van der Waals surface area (Å²) in [5.74, 6) is 0.850. The second kappa shape index (κ2) is 10.8. The maximum atomic E-state index is 12.8. The molecule has 0 spiro atoms. The molecule has 160 valence electrons. The maximum Gasteiger partial charge on any atom is 0.309 e. The summed E-state index contributed by atoms with van der Waals surface area (Å²) in [7, 11) is 0. The van der Waals surface area contributed by atoms with Gasteiger partial charge < -0.3 is 14.2 Å². The van der Waals surface area contributed by atoms with E-state index < -0.39 is 0 Å². The summed E-state index contributed by atoms with van der Waals surface area (Å²) in [6, 6.07) is 0. The van der Waals surface area contributed by atoms with E-state index in [-0.39, 0.29) is 23.4 Å². The highest BCUT2D eigenvalue weighted by Crippen LogP contribution is 2.34. The first-order valence-corrected chi connectivity index (χ1v) is 10.7. The Morgan fingerprint density at radius 3 is 2.11 bits per heavy atom. The molecule has 0 bridgehead atoms. The highest BCUT2D eigenvalue weighted by Gasteiger charge is 2.30. The molecule has 1 rings (SSSR count). The Kier molecular flexibility index (Phi) is 9.77. The van der Waals surface area contributed by atoms with Crippen LogP contribution in [0, 0.1) is 28.6 Å². The molecule has 4 unspecified atom stereocenters. The van der Waals surface area contributed by atoms with Gasteiger partial charge in [0.2, 0.25) is 0 Å². The molecule has 0 N–H and O–H groups in total. The van der Waals surface area contributed by atoms with Crippen molar-refractivity contribution >= 4 is 5.97 Å². The van der Waals surface area contributed by atoms with Gasteiger partial charge in [0.05, 0.1) is 25.7 Å². The van der Waals surface area contributed by atoms with Crippen LogP contribution in [0.25, 0.3) is 0 Å². The summed E-state index contributed by atoms with van der Waals surface area (Å²) in [6.45, 7) is 20.2. The summed E-state index contributed by atoms with van der Waals surface area (Å²) in [5, 5.41) is 0. The van der Waals surface area contributed by atoms with Gasteiger partial charge in [-0.3, -0.25) is 4.79 Å². The van der Waals surface area contributed by atoms with Gasteiger partial charge in [-0.1, -0.05) is 55.4 Å². The molecule has 1 fully saturated rings. The van der Waals surface area contributed by atoms with Crippen molar-refractivity contribution in [2.24, 2.45) is 28.6 Å². The average Bonchev–Trinajstić information content (AvgIpc) is 3.27. The molecule has 1 aliphatic rings. The molecule has 4 heteroatoms. The van der Waals surface area contributed by atoms with Crippen LogP contribution in [0.3, 0.4) is 0 Å². The third-order valence-corrected chi connectivity index (χ3v) is 5.03. The van der Waals surface area contributed by atoms with Crippen molar-refractivity contribution in [3.05, 3.63) is 0 Å². The lowest BCUT2D eigenvalue weighted by Crippen LogP contribution is -2.29. The van der Waals surface area contributed by atoms with E-state index in [2.05, 4.69) is 55.4 Å². The number of carbonyl (C=O) groups excluding carboxylic acids is 1. The SMILES string of the molecule is CC(CCC(C(=O)OCCOCC1CO1)C(C)CC(C)(C)C)CC(C)(C)C. The van der Waals surface area contributed by atoms with Crippen LogP contribution < -0.4 is 0 Å². The maximum absolute atomic E-state index is 12.8. The van der Waals surface area contributed by atoms with Crippen molar-refractivity contribution in [2.45, 2.75) is 87.2 Å². The Morgan fingerprint density at radius 1 is 1.00 bits per heavy atom. The monoisotopic (exact) mass is 384 g/mol. The highest BCUT2D eigenvalue weighted by molar-refractivity contribution is 5.72. The first kappa shape index (κ1) is 24.4. The Bertz CT molecular complexity index is 429. The fourth-order valence-corrected chi connectivity index (χ4v) is 4.04. The van der Waals surface area contributed by atoms with Gasteiger partial charge in [-0.05, 0) is 48.3 Å². The highest BCUT2D eigenvalue weighted by atomic mass is 16.6. The zero-order chi connectivity index (χ0) is 20.7. The van der Waals surface area contributed by atoms with Crippen LogP contribution in [-0.4, -0.2) is 38.5 Å². The van der Waals surface area contributed by atoms with Crippen LogP contribution in [0.2, 0.25) is 0 Å². The molecule has 0 radical (unpaired) electrons. The molecular weight excluding hydrogens is 340 g/mol. The van der Waals surface area contributed by atoms with Gasteiger partial charge >= 0.3 is 5.97 Å². The van der Waals surface area contributed by atoms with Crippen LogP contribution in [0.1, 0.15) is 81.1 Å². The molecule has 0 aliphatic carbocycles. The van der Waals surface area contributed by atoms with Crippen molar-refractivity contribution in [1.29, 1.82) is 0 Å². The normalized spacial score (nSPS) is 20.8. The molecular formula is C23H44O4. The van der Waals surface area contributed by atoms with Crippen molar-refractivity contribution in [3.63, 3.8) is 0 Å². The number of esters is 1. The second-order valence-electron chi connectivity index (χ2n) is 11.0. The van der Waals surface area contributed by atoms with E-state index in [4.69, 9.17) is 14.2 Å². The number of carbonyl (C=O) groups is 1. The minimum absolute atomic E-state index is 0.0293. The Labute approximate surface area is 167 Å². The number of epoxide rings is 1. The van der Waals surface area contributed by atoms with E-state index in [9.17, 15) is 4.79 Å². The zero-order valence-corrected chi connectivity index (χ0v) is 19.1. The average molecular weight is 385 g/mol. The minimum atomic E-state index is -0.0546. The molecule has 0 saturated carbocycles. The standard InChI is InChI=1S/C23H44O4/c1-17(13-22(3,4)5)9-10-20(18(2)14-23(6,7)8)21(24)26-12-11-25-15-19-16-27-19/h17-20H,9-16H2,1-8H3. The van der Waals surface area contributed by atoms with E-state index in [1.165, 1.54) is 6.42 Å². The summed E-state index contributed by atoms with van der Waals surface area (Å²) < 4.78 is 16.2. The van der Waals surface area contributed by atoms with Crippen LogP contribution >= 0.6 is 0 Å². The van der Waals surface area contributed by atoms with Crippen LogP contribution in [0.15, 0.2) is 0 Å². The Morgan fingerprint density at radius 2 is 1.59 bits per heavy atom. The lowest BCUT2D eigenvalue weighted by atomic mass is 9.76.